The van der Waals surface area contributed by atoms with Crippen LogP contribution in [0.25, 0.3) is 0 Å². The Morgan fingerprint density at radius 1 is 1.50 bits per heavy atom. The van der Waals surface area contributed by atoms with Gasteiger partial charge in [0.1, 0.15) is 0 Å². The van der Waals surface area contributed by atoms with Crippen LogP contribution in [-0.2, 0) is 0 Å². The highest BCUT2D eigenvalue weighted by Crippen LogP contribution is 2.30. The Balaban J connectivity index is 2.05. The largest absolute Gasteiger partial charge is 0.330 e. The van der Waals surface area contributed by atoms with Crippen molar-refractivity contribution >= 4 is 49.8 Å². The molecule has 0 amide bonds. The Morgan fingerprint density at radius 3 is 3.06 bits per heavy atom. The summed E-state index contributed by atoms with van der Waals surface area (Å²) >= 11 is 6.26. The zero-order valence-electron chi connectivity index (χ0n) is 9.42. The molecule has 92 valence electrons. The fourth-order valence-electron chi connectivity index (χ4n) is 1.18. The van der Waals surface area contributed by atoms with Gasteiger partial charge in [-0.25, -0.2) is 0 Å². The van der Waals surface area contributed by atoms with Gasteiger partial charge in [0.2, 0.25) is 5.13 Å². The average molecular weight is 341 g/mol. The second kappa shape index (κ2) is 6.18. The van der Waals surface area contributed by atoms with Gasteiger partial charge in [0.25, 0.3) is 0 Å². The van der Waals surface area contributed by atoms with Gasteiger partial charge < -0.3 is 5.32 Å². The molecule has 0 aliphatic heterocycles. The maximum atomic E-state index is 8.73. The van der Waals surface area contributed by atoms with E-state index in [1.54, 1.807) is 0 Å². The number of hydrogen-bond acceptors (Lipinski definition) is 6. The van der Waals surface area contributed by atoms with Crippen LogP contribution in [0.4, 0.5) is 10.8 Å². The van der Waals surface area contributed by atoms with Crippen LogP contribution in [-0.4, -0.2) is 15.4 Å². The zero-order valence-corrected chi connectivity index (χ0v) is 12.6. The Morgan fingerprint density at radius 2 is 2.33 bits per heavy atom. The van der Waals surface area contributed by atoms with E-state index in [4.69, 9.17) is 5.26 Å². The first-order valence-corrected chi connectivity index (χ1v) is 7.58. The van der Waals surface area contributed by atoms with Crippen molar-refractivity contribution in [3.63, 3.8) is 0 Å². The Labute approximate surface area is 122 Å². The molecule has 0 spiro atoms. The smallest absolute Gasteiger partial charge is 0.210 e. The number of hydrogen-bond donors (Lipinski definition) is 1. The van der Waals surface area contributed by atoms with E-state index in [2.05, 4.69) is 37.5 Å². The number of rotatable bonds is 4. The predicted molar refractivity (Wildman–Crippen MR) is 78.3 cm³/mol. The Kier molecular flexibility index (Phi) is 4.58. The van der Waals surface area contributed by atoms with Gasteiger partial charge in [-0.3, -0.25) is 0 Å². The first-order valence-electron chi connectivity index (χ1n) is 5.10. The lowest BCUT2D eigenvalue weighted by Gasteiger charge is -2.01. The van der Waals surface area contributed by atoms with E-state index in [9.17, 15) is 0 Å². The molecule has 1 aromatic heterocycles. The highest BCUT2D eigenvalue weighted by atomic mass is 79.9. The van der Waals surface area contributed by atoms with E-state index in [1.807, 2.05) is 31.2 Å². The van der Waals surface area contributed by atoms with Crippen LogP contribution in [0.3, 0.4) is 0 Å². The molecule has 0 saturated carbocycles. The van der Waals surface area contributed by atoms with Crippen LogP contribution >= 0.6 is 39.0 Å². The molecular formula is C11H9BrN4S2. The molecular weight excluding hydrogens is 332 g/mol. The van der Waals surface area contributed by atoms with Crippen molar-refractivity contribution in [1.29, 1.82) is 5.26 Å². The van der Waals surface area contributed by atoms with Gasteiger partial charge in [-0.15, -0.1) is 10.2 Å². The van der Waals surface area contributed by atoms with Crippen LogP contribution < -0.4 is 5.32 Å². The molecule has 0 bridgehead atoms. The van der Waals surface area contributed by atoms with Crippen LogP contribution in [0.1, 0.15) is 6.92 Å². The summed E-state index contributed by atoms with van der Waals surface area (Å²) in [4.78, 5) is 0. The van der Waals surface area contributed by atoms with E-state index in [1.165, 1.54) is 23.1 Å². The molecule has 2 rings (SSSR count). The number of benzene rings is 1. The summed E-state index contributed by atoms with van der Waals surface area (Å²) in [6, 6.07) is 9.98. The lowest BCUT2D eigenvalue weighted by Crippen LogP contribution is -1.88. The topological polar surface area (TPSA) is 61.6 Å². The number of aromatic nitrogens is 2. The standard InChI is InChI=1S/C11H9BrN4S2/c1-7(6-13)17-11-16-15-10(18-11)14-9-4-2-3-8(12)5-9/h2-5,7H,1H3,(H,14,15)/t7-/m0/s1. The first kappa shape index (κ1) is 13.3. The molecule has 0 aliphatic carbocycles. The molecule has 0 unspecified atom stereocenters. The molecule has 0 radical (unpaired) electrons. The summed E-state index contributed by atoms with van der Waals surface area (Å²) in [5, 5.41) is 20.6. The van der Waals surface area contributed by atoms with Crippen molar-refractivity contribution in [3.05, 3.63) is 28.7 Å². The van der Waals surface area contributed by atoms with Crippen molar-refractivity contribution < 1.29 is 0 Å². The normalized spacial score (nSPS) is 11.8. The summed E-state index contributed by atoms with van der Waals surface area (Å²) in [7, 11) is 0. The number of nitrogens with one attached hydrogen (secondary N) is 1. The third-order valence-corrected chi connectivity index (χ3v) is 4.35. The minimum Gasteiger partial charge on any atom is -0.330 e. The van der Waals surface area contributed by atoms with E-state index >= 15 is 0 Å². The van der Waals surface area contributed by atoms with Gasteiger partial charge in [-0.1, -0.05) is 45.1 Å². The molecule has 2 aromatic rings. The van der Waals surface area contributed by atoms with Gasteiger partial charge in [-0.05, 0) is 25.1 Å². The fourth-order valence-corrected chi connectivity index (χ4v) is 3.38. The second-order valence-corrected chi connectivity index (χ2v) is 6.88. The number of thioether (sulfide) groups is 1. The average Bonchev–Trinajstić information content (AvgIpc) is 2.76. The fraction of sp³-hybridized carbons (Fsp3) is 0.182. The van der Waals surface area contributed by atoms with E-state index in [-0.39, 0.29) is 5.25 Å². The van der Waals surface area contributed by atoms with Crippen LogP contribution in [0.2, 0.25) is 0 Å². The molecule has 1 aromatic carbocycles. The van der Waals surface area contributed by atoms with E-state index in [0.717, 1.165) is 19.6 Å². The number of nitriles is 1. The highest BCUT2D eigenvalue weighted by Gasteiger charge is 2.09. The molecule has 0 aliphatic rings. The third-order valence-electron chi connectivity index (χ3n) is 1.94. The molecule has 1 atom stereocenters. The molecule has 18 heavy (non-hydrogen) atoms. The van der Waals surface area contributed by atoms with Gasteiger partial charge in [0.05, 0.1) is 11.3 Å². The molecule has 0 fully saturated rings. The first-order chi connectivity index (χ1) is 8.67. The third kappa shape index (κ3) is 3.70. The quantitative estimate of drug-likeness (QED) is 0.850. The van der Waals surface area contributed by atoms with Gasteiger partial charge in [0.15, 0.2) is 4.34 Å². The van der Waals surface area contributed by atoms with E-state index < -0.39 is 0 Å². The van der Waals surface area contributed by atoms with Crippen LogP contribution in [0.15, 0.2) is 33.1 Å². The maximum Gasteiger partial charge on any atom is 0.210 e. The Hall–Kier alpha value is -1.10. The Bertz CT molecular complexity index is 578. The number of anilines is 2. The summed E-state index contributed by atoms with van der Waals surface area (Å²) in [6.45, 7) is 1.84. The molecule has 4 nitrogen and oxygen atoms in total. The van der Waals surface area contributed by atoms with Gasteiger partial charge in [-0.2, -0.15) is 5.26 Å². The van der Waals surface area contributed by atoms with Crippen molar-refractivity contribution in [2.75, 3.05) is 5.32 Å². The monoisotopic (exact) mass is 340 g/mol. The molecule has 7 heteroatoms. The number of halogens is 1. The lowest BCUT2D eigenvalue weighted by atomic mass is 10.3. The second-order valence-electron chi connectivity index (χ2n) is 3.40. The lowest BCUT2D eigenvalue weighted by molar-refractivity contribution is 1.01. The maximum absolute atomic E-state index is 8.73. The molecule has 1 N–H and O–H groups in total. The van der Waals surface area contributed by atoms with Crippen molar-refractivity contribution in [1.82, 2.24) is 10.2 Å². The van der Waals surface area contributed by atoms with Crippen molar-refractivity contribution in [2.45, 2.75) is 16.5 Å². The summed E-state index contributed by atoms with van der Waals surface area (Å²) in [5.74, 6) is 0. The summed E-state index contributed by atoms with van der Waals surface area (Å²) in [5.41, 5.74) is 0.949. The SMILES string of the molecule is C[C@@H](C#N)Sc1nnc(Nc2cccc(Br)c2)s1. The number of nitrogens with zero attached hydrogens (tertiary/aromatic N) is 3. The summed E-state index contributed by atoms with van der Waals surface area (Å²) < 4.78 is 1.80. The highest BCUT2D eigenvalue weighted by molar-refractivity contribution is 9.10. The minimum absolute atomic E-state index is 0.114. The van der Waals surface area contributed by atoms with E-state index in [0.29, 0.717) is 0 Å². The molecule has 0 saturated heterocycles. The van der Waals surface area contributed by atoms with Crippen LogP contribution in [0.5, 0.6) is 0 Å². The molecule has 1 heterocycles. The summed E-state index contributed by atoms with van der Waals surface area (Å²) in [6.07, 6.45) is 0. The zero-order chi connectivity index (χ0) is 13.0. The predicted octanol–water partition coefficient (Wildman–Crippen LogP) is 4.05. The van der Waals surface area contributed by atoms with Crippen molar-refractivity contribution in [2.24, 2.45) is 0 Å². The minimum atomic E-state index is -0.114. The van der Waals surface area contributed by atoms with Crippen molar-refractivity contribution in [3.8, 4) is 6.07 Å². The van der Waals surface area contributed by atoms with Crippen LogP contribution in [0, 0.1) is 11.3 Å². The van der Waals surface area contributed by atoms with Gasteiger partial charge >= 0.3 is 0 Å². The van der Waals surface area contributed by atoms with Gasteiger partial charge in [0, 0.05) is 10.2 Å².